The third-order valence-electron chi connectivity index (χ3n) is 2.66. The van der Waals surface area contributed by atoms with Gasteiger partial charge in [-0.15, -0.1) is 22.7 Å². The molecule has 0 spiro atoms. The van der Waals surface area contributed by atoms with Crippen LogP contribution in [0.2, 0.25) is 0 Å². The second-order valence-corrected chi connectivity index (χ2v) is 7.04. The van der Waals surface area contributed by atoms with Gasteiger partial charge in [0.25, 0.3) is 0 Å². The molecule has 0 saturated carbocycles. The normalized spacial score (nSPS) is 14.8. The molecule has 2 heterocycles. The number of thiophene rings is 2. The highest BCUT2D eigenvalue weighted by Gasteiger charge is 2.13. The molecule has 0 amide bonds. The minimum Gasteiger partial charge on any atom is -0.307 e. The number of rotatable bonds is 5. The summed E-state index contributed by atoms with van der Waals surface area (Å²) in [6.07, 6.45) is 1.10. The molecule has 0 aliphatic carbocycles. The number of hydrogen-bond donors (Lipinski definition) is 1. The molecule has 92 valence electrons. The predicted octanol–water partition coefficient (Wildman–Crippen LogP) is 4.85. The van der Waals surface area contributed by atoms with Crippen molar-refractivity contribution in [2.24, 2.45) is 0 Å². The van der Waals surface area contributed by atoms with Crippen LogP contribution in [0.4, 0.5) is 0 Å². The Kier molecular flexibility index (Phi) is 4.79. The van der Waals surface area contributed by atoms with Gasteiger partial charge in [0.1, 0.15) is 0 Å². The molecule has 2 rings (SSSR count). The summed E-state index contributed by atoms with van der Waals surface area (Å²) in [5.41, 5.74) is 0. The third kappa shape index (κ3) is 3.65. The van der Waals surface area contributed by atoms with E-state index in [4.69, 9.17) is 0 Å². The summed E-state index contributed by atoms with van der Waals surface area (Å²) in [6, 6.07) is 7.33. The van der Waals surface area contributed by atoms with Crippen LogP contribution < -0.4 is 5.32 Å². The lowest BCUT2D eigenvalue weighted by Crippen LogP contribution is -2.30. The van der Waals surface area contributed by atoms with Crippen LogP contribution in [0.5, 0.6) is 0 Å². The molecule has 0 aliphatic rings. The average Bonchev–Trinajstić information content (AvgIpc) is 2.88. The minimum absolute atomic E-state index is 0.402. The third-order valence-corrected chi connectivity index (χ3v) is 5.61. The molecule has 0 aromatic carbocycles. The van der Waals surface area contributed by atoms with Gasteiger partial charge in [0.2, 0.25) is 0 Å². The fourth-order valence-electron chi connectivity index (χ4n) is 1.91. The van der Waals surface area contributed by atoms with E-state index in [2.05, 4.69) is 64.1 Å². The van der Waals surface area contributed by atoms with Crippen molar-refractivity contribution in [1.82, 2.24) is 5.32 Å². The van der Waals surface area contributed by atoms with Gasteiger partial charge < -0.3 is 5.32 Å². The van der Waals surface area contributed by atoms with E-state index in [1.807, 2.05) is 11.3 Å². The van der Waals surface area contributed by atoms with Crippen LogP contribution in [0.25, 0.3) is 0 Å². The van der Waals surface area contributed by atoms with Crippen LogP contribution in [-0.2, 0) is 6.42 Å². The average molecular weight is 330 g/mol. The molecule has 2 unspecified atom stereocenters. The molecular weight excluding hydrogens is 314 g/mol. The topological polar surface area (TPSA) is 12.0 Å². The summed E-state index contributed by atoms with van der Waals surface area (Å²) in [4.78, 5) is 2.82. The fourth-order valence-corrected chi connectivity index (χ4v) is 4.48. The molecule has 2 atom stereocenters. The van der Waals surface area contributed by atoms with E-state index in [0.717, 1.165) is 6.42 Å². The van der Waals surface area contributed by atoms with Crippen LogP contribution >= 0.6 is 38.6 Å². The Labute approximate surface area is 119 Å². The first-order chi connectivity index (χ1) is 8.16. The first-order valence-corrected chi connectivity index (χ1v) is 8.23. The molecule has 2 aromatic heterocycles. The SMILES string of the molecule is CC(Cc1cccs1)NC(C)c1sccc1Br. The van der Waals surface area contributed by atoms with Crippen molar-refractivity contribution in [3.8, 4) is 0 Å². The van der Waals surface area contributed by atoms with E-state index in [-0.39, 0.29) is 0 Å². The lowest BCUT2D eigenvalue weighted by molar-refractivity contribution is 0.483. The van der Waals surface area contributed by atoms with Crippen molar-refractivity contribution in [1.29, 1.82) is 0 Å². The summed E-state index contributed by atoms with van der Waals surface area (Å²) >= 11 is 7.22. The van der Waals surface area contributed by atoms with Crippen molar-refractivity contribution in [3.63, 3.8) is 0 Å². The molecule has 0 radical (unpaired) electrons. The molecule has 1 N–H and O–H groups in total. The lowest BCUT2D eigenvalue weighted by Gasteiger charge is -2.19. The van der Waals surface area contributed by atoms with Gasteiger partial charge in [0.15, 0.2) is 0 Å². The maximum atomic E-state index is 3.65. The highest BCUT2D eigenvalue weighted by Crippen LogP contribution is 2.29. The molecular formula is C13H16BrNS2. The highest BCUT2D eigenvalue weighted by atomic mass is 79.9. The second kappa shape index (κ2) is 6.14. The van der Waals surface area contributed by atoms with Crippen LogP contribution in [0, 0.1) is 0 Å². The van der Waals surface area contributed by atoms with Crippen molar-refractivity contribution in [2.45, 2.75) is 32.4 Å². The standard InChI is InChI=1S/C13H16BrNS2/c1-9(8-11-4-3-6-16-11)15-10(2)13-12(14)5-7-17-13/h3-7,9-10,15H,8H2,1-2H3. The quantitative estimate of drug-likeness (QED) is 0.826. The van der Waals surface area contributed by atoms with Crippen molar-refractivity contribution < 1.29 is 0 Å². The van der Waals surface area contributed by atoms with Gasteiger partial charge in [0.05, 0.1) is 0 Å². The second-order valence-electron chi connectivity index (χ2n) is 4.21. The molecule has 0 fully saturated rings. The van der Waals surface area contributed by atoms with E-state index < -0.39 is 0 Å². The lowest BCUT2D eigenvalue weighted by atomic mass is 10.1. The Morgan fingerprint density at radius 1 is 1.24 bits per heavy atom. The first-order valence-electron chi connectivity index (χ1n) is 5.68. The Bertz CT molecular complexity index is 450. The Hall–Kier alpha value is -0.160. The molecule has 0 saturated heterocycles. The fraction of sp³-hybridized carbons (Fsp3) is 0.385. The van der Waals surface area contributed by atoms with Crippen molar-refractivity contribution >= 4 is 38.6 Å². The van der Waals surface area contributed by atoms with Gasteiger partial charge in [-0.3, -0.25) is 0 Å². The summed E-state index contributed by atoms with van der Waals surface area (Å²) in [5, 5.41) is 7.92. The van der Waals surface area contributed by atoms with Crippen LogP contribution in [-0.4, -0.2) is 6.04 Å². The maximum Gasteiger partial charge on any atom is 0.0399 e. The van der Waals surface area contributed by atoms with Crippen LogP contribution in [0.15, 0.2) is 33.4 Å². The maximum absolute atomic E-state index is 3.65. The van der Waals surface area contributed by atoms with E-state index in [1.54, 1.807) is 11.3 Å². The Balaban J connectivity index is 1.90. The number of hydrogen-bond acceptors (Lipinski definition) is 3. The molecule has 4 heteroatoms. The van der Waals surface area contributed by atoms with Crippen molar-refractivity contribution in [3.05, 3.63) is 43.2 Å². The molecule has 1 nitrogen and oxygen atoms in total. The minimum atomic E-state index is 0.402. The van der Waals surface area contributed by atoms with Crippen LogP contribution in [0.1, 0.15) is 29.6 Å². The zero-order valence-corrected chi connectivity index (χ0v) is 13.2. The van der Waals surface area contributed by atoms with Gasteiger partial charge in [0, 0.05) is 26.3 Å². The van der Waals surface area contributed by atoms with Gasteiger partial charge in [-0.05, 0) is 59.1 Å². The highest BCUT2D eigenvalue weighted by molar-refractivity contribution is 9.10. The summed E-state index contributed by atoms with van der Waals surface area (Å²) in [5.74, 6) is 0. The van der Waals surface area contributed by atoms with Crippen molar-refractivity contribution in [2.75, 3.05) is 0 Å². The molecule has 0 aliphatic heterocycles. The Morgan fingerprint density at radius 2 is 2.06 bits per heavy atom. The van der Waals surface area contributed by atoms with E-state index in [9.17, 15) is 0 Å². The van der Waals surface area contributed by atoms with E-state index >= 15 is 0 Å². The Morgan fingerprint density at radius 3 is 2.65 bits per heavy atom. The van der Waals surface area contributed by atoms with Gasteiger partial charge in [-0.1, -0.05) is 6.07 Å². The smallest absolute Gasteiger partial charge is 0.0399 e. The monoisotopic (exact) mass is 329 g/mol. The van der Waals surface area contributed by atoms with E-state index in [1.165, 1.54) is 14.2 Å². The van der Waals surface area contributed by atoms with Crippen LogP contribution in [0.3, 0.4) is 0 Å². The molecule has 17 heavy (non-hydrogen) atoms. The largest absolute Gasteiger partial charge is 0.307 e. The predicted molar refractivity (Wildman–Crippen MR) is 81.1 cm³/mol. The van der Waals surface area contributed by atoms with Gasteiger partial charge in [-0.2, -0.15) is 0 Å². The molecule has 2 aromatic rings. The van der Waals surface area contributed by atoms with Gasteiger partial charge in [-0.25, -0.2) is 0 Å². The summed E-state index contributed by atoms with van der Waals surface area (Å²) in [7, 11) is 0. The zero-order chi connectivity index (χ0) is 12.3. The van der Waals surface area contributed by atoms with E-state index in [0.29, 0.717) is 12.1 Å². The first kappa shape index (κ1) is 13.3. The zero-order valence-electron chi connectivity index (χ0n) is 9.94. The summed E-state index contributed by atoms with van der Waals surface area (Å²) < 4.78 is 1.21. The number of nitrogens with one attached hydrogen (secondary N) is 1. The number of halogens is 1. The molecule has 0 bridgehead atoms. The van der Waals surface area contributed by atoms with Gasteiger partial charge >= 0.3 is 0 Å². The summed E-state index contributed by atoms with van der Waals surface area (Å²) in [6.45, 7) is 4.47.